The molecule has 0 saturated carbocycles. The summed E-state index contributed by atoms with van der Waals surface area (Å²) in [5.41, 5.74) is 0.299. The van der Waals surface area contributed by atoms with E-state index in [-0.39, 0.29) is 42.9 Å². The molecular weight excluding hydrogens is 546 g/mol. The fourth-order valence-electron chi connectivity index (χ4n) is 3.61. The highest BCUT2D eigenvalue weighted by Gasteiger charge is 2.33. The first-order valence-corrected chi connectivity index (χ1v) is 10.9. The van der Waals surface area contributed by atoms with Crippen LogP contribution in [-0.4, -0.2) is 54.7 Å². The van der Waals surface area contributed by atoms with E-state index in [1.165, 1.54) is 18.2 Å². The highest BCUT2D eigenvalue weighted by Crippen LogP contribution is 2.35. The molecule has 0 aliphatic carbocycles. The second-order valence-corrected chi connectivity index (χ2v) is 7.62. The van der Waals surface area contributed by atoms with E-state index >= 15 is 0 Å². The molecule has 1 aromatic heterocycles. The van der Waals surface area contributed by atoms with Gasteiger partial charge in [0.25, 0.3) is 0 Å². The number of nitrogens with one attached hydrogen (secondary N) is 2. The first-order chi connectivity index (χ1) is 15.5. The third-order valence-corrected chi connectivity index (χ3v) is 5.20. The van der Waals surface area contributed by atoms with Crippen LogP contribution in [0.4, 0.5) is 13.2 Å². The number of ether oxygens (including phenoxy) is 1. The third-order valence-electron chi connectivity index (χ3n) is 5.20. The van der Waals surface area contributed by atoms with Crippen LogP contribution in [0.1, 0.15) is 31.0 Å². The number of aliphatic imine (C=N–C) groups is 1. The molecule has 0 amide bonds. The van der Waals surface area contributed by atoms with E-state index in [4.69, 9.17) is 4.74 Å². The van der Waals surface area contributed by atoms with Crippen LogP contribution in [0.2, 0.25) is 0 Å². The number of hydrogen-bond donors (Lipinski definition) is 2. The Labute approximate surface area is 210 Å². The van der Waals surface area contributed by atoms with Crippen LogP contribution >= 0.6 is 24.0 Å². The molecule has 33 heavy (non-hydrogen) atoms. The van der Waals surface area contributed by atoms with Crippen LogP contribution in [0.25, 0.3) is 0 Å². The molecule has 0 spiro atoms. The second kappa shape index (κ2) is 13.6. The Balaban J connectivity index is 0.00000385. The number of hydrogen-bond acceptors (Lipinski definition) is 4. The lowest BCUT2D eigenvalue weighted by Gasteiger charge is -2.32. The van der Waals surface area contributed by atoms with Gasteiger partial charge in [-0.3, -0.25) is 9.88 Å². The fraction of sp³-hybridized carbons (Fsp3) is 0.478. The maximum Gasteiger partial charge on any atom is 0.419 e. The minimum atomic E-state index is -4.44. The summed E-state index contributed by atoms with van der Waals surface area (Å²) in [4.78, 5) is 11.2. The van der Waals surface area contributed by atoms with Crippen LogP contribution < -0.4 is 15.4 Å². The van der Waals surface area contributed by atoms with Gasteiger partial charge in [0.2, 0.25) is 0 Å². The van der Waals surface area contributed by atoms with Crippen molar-refractivity contribution in [2.24, 2.45) is 4.99 Å². The van der Waals surface area contributed by atoms with E-state index in [2.05, 4.69) is 25.5 Å². The number of aromatic nitrogens is 1. The minimum absolute atomic E-state index is 0. The lowest BCUT2D eigenvalue weighted by molar-refractivity contribution is -0.138. The maximum atomic E-state index is 13.1. The molecule has 1 aromatic carbocycles. The number of rotatable bonds is 8. The largest absolute Gasteiger partial charge is 0.491 e. The number of alkyl halides is 3. The summed E-state index contributed by atoms with van der Waals surface area (Å²) in [6.45, 7) is 5.76. The van der Waals surface area contributed by atoms with Crippen LogP contribution in [0.3, 0.4) is 0 Å². The summed E-state index contributed by atoms with van der Waals surface area (Å²) < 4.78 is 44.5. The van der Waals surface area contributed by atoms with E-state index in [1.807, 2.05) is 31.3 Å². The molecule has 0 bridgehead atoms. The fourth-order valence-corrected chi connectivity index (χ4v) is 3.61. The topological polar surface area (TPSA) is 61.8 Å². The summed E-state index contributed by atoms with van der Waals surface area (Å²) in [5.74, 6) is 0.483. The smallest absolute Gasteiger partial charge is 0.419 e. The Hall–Kier alpha value is -2.08. The summed E-state index contributed by atoms with van der Waals surface area (Å²) in [6, 6.07) is 11.5. The number of benzene rings is 1. The number of guanidine groups is 1. The van der Waals surface area contributed by atoms with E-state index in [0.717, 1.165) is 44.2 Å². The summed E-state index contributed by atoms with van der Waals surface area (Å²) in [7, 11) is 0. The lowest BCUT2D eigenvalue weighted by Crippen LogP contribution is -2.48. The Bertz CT molecular complexity index is 859. The zero-order chi connectivity index (χ0) is 22.8. The third kappa shape index (κ3) is 9.00. The Morgan fingerprint density at radius 3 is 2.55 bits per heavy atom. The van der Waals surface area contributed by atoms with Gasteiger partial charge in [-0.1, -0.05) is 18.2 Å². The van der Waals surface area contributed by atoms with Crippen LogP contribution in [0, 0.1) is 0 Å². The van der Waals surface area contributed by atoms with Crippen LogP contribution in [0.15, 0.2) is 53.7 Å². The Morgan fingerprint density at radius 2 is 1.88 bits per heavy atom. The minimum Gasteiger partial charge on any atom is -0.491 e. The number of halogens is 4. The number of nitrogens with zero attached hydrogens (tertiary/aromatic N) is 3. The van der Waals surface area contributed by atoms with Gasteiger partial charge in [-0.25, -0.2) is 4.99 Å². The highest BCUT2D eigenvalue weighted by molar-refractivity contribution is 14.0. The number of likely N-dealkylation sites (tertiary alicyclic amines) is 1. The molecule has 1 saturated heterocycles. The number of para-hydroxylation sites is 1. The van der Waals surface area contributed by atoms with Gasteiger partial charge in [0, 0.05) is 38.4 Å². The molecule has 0 atom stereocenters. The van der Waals surface area contributed by atoms with Crippen molar-refractivity contribution in [3.63, 3.8) is 0 Å². The van der Waals surface area contributed by atoms with Gasteiger partial charge in [0.15, 0.2) is 5.96 Å². The first-order valence-electron chi connectivity index (χ1n) is 10.9. The van der Waals surface area contributed by atoms with Crippen molar-refractivity contribution in [2.45, 2.75) is 38.5 Å². The monoisotopic (exact) mass is 577 g/mol. The van der Waals surface area contributed by atoms with E-state index in [9.17, 15) is 13.2 Å². The maximum absolute atomic E-state index is 13.1. The molecular formula is C23H31F3IN5O. The van der Waals surface area contributed by atoms with Gasteiger partial charge >= 0.3 is 6.18 Å². The molecule has 1 aliphatic rings. The van der Waals surface area contributed by atoms with Crippen molar-refractivity contribution in [2.75, 3.05) is 32.8 Å². The summed E-state index contributed by atoms with van der Waals surface area (Å²) in [5, 5.41) is 6.63. The SMILES string of the molecule is CCNC(=NCCOc1ccccc1C(F)(F)F)NC1CCN(Cc2ccccn2)CC1.I. The molecule has 3 rings (SSSR count). The molecule has 1 fully saturated rings. The first kappa shape index (κ1) is 27.2. The van der Waals surface area contributed by atoms with Crippen molar-refractivity contribution >= 4 is 29.9 Å². The lowest BCUT2D eigenvalue weighted by atomic mass is 10.0. The summed E-state index contributed by atoms with van der Waals surface area (Å²) >= 11 is 0. The zero-order valence-electron chi connectivity index (χ0n) is 18.6. The molecule has 0 radical (unpaired) electrons. The highest BCUT2D eigenvalue weighted by atomic mass is 127. The van der Waals surface area contributed by atoms with Gasteiger partial charge in [0.05, 0.1) is 17.8 Å². The average molecular weight is 577 g/mol. The summed E-state index contributed by atoms with van der Waals surface area (Å²) in [6.07, 6.45) is -0.671. The van der Waals surface area contributed by atoms with Crippen molar-refractivity contribution in [3.8, 4) is 5.75 Å². The van der Waals surface area contributed by atoms with E-state index in [0.29, 0.717) is 18.5 Å². The van der Waals surface area contributed by atoms with Gasteiger partial charge in [0.1, 0.15) is 12.4 Å². The number of pyridine rings is 1. The van der Waals surface area contributed by atoms with Gasteiger partial charge in [-0.15, -0.1) is 24.0 Å². The molecule has 2 aromatic rings. The molecule has 10 heteroatoms. The zero-order valence-corrected chi connectivity index (χ0v) is 21.0. The molecule has 6 nitrogen and oxygen atoms in total. The number of piperidine rings is 1. The van der Waals surface area contributed by atoms with E-state index in [1.54, 1.807) is 0 Å². The Kier molecular flexibility index (Phi) is 11.2. The molecule has 182 valence electrons. The van der Waals surface area contributed by atoms with Gasteiger partial charge in [-0.05, 0) is 44.0 Å². The van der Waals surface area contributed by atoms with Crippen molar-refractivity contribution in [3.05, 3.63) is 59.9 Å². The van der Waals surface area contributed by atoms with Gasteiger partial charge < -0.3 is 15.4 Å². The van der Waals surface area contributed by atoms with E-state index < -0.39 is 11.7 Å². The van der Waals surface area contributed by atoms with Crippen molar-refractivity contribution in [1.82, 2.24) is 20.5 Å². The van der Waals surface area contributed by atoms with Crippen LogP contribution in [0.5, 0.6) is 5.75 Å². The second-order valence-electron chi connectivity index (χ2n) is 7.62. The quantitative estimate of drug-likeness (QED) is 0.212. The molecule has 2 N–H and O–H groups in total. The standard InChI is InChI=1S/C23H30F3N5O.HI/c1-2-27-22(29-13-16-32-21-9-4-3-8-20(21)23(24,25)26)30-18-10-14-31(15-11-18)17-19-7-5-6-12-28-19;/h3-9,12,18H,2,10-11,13-17H2,1H3,(H2,27,29,30);1H. The predicted molar refractivity (Wildman–Crippen MR) is 134 cm³/mol. The normalized spacial score (nSPS) is 15.6. The predicted octanol–water partition coefficient (Wildman–Crippen LogP) is 4.32. The molecule has 0 unspecified atom stereocenters. The van der Waals surface area contributed by atoms with Crippen LogP contribution in [-0.2, 0) is 12.7 Å². The van der Waals surface area contributed by atoms with Crippen molar-refractivity contribution in [1.29, 1.82) is 0 Å². The molecule has 2 heterocycles. The molecule has 1 aliphatic heterocycles. The Morgan fingerprint density at radius 1 is 1.15 bits per heavy atom. The van der Waals surface area contributed by atoms with Crippen molar-refractivity contribution < 1.29 is 17.9 Å². The van der Waals surface area contributed by atoms with Gasteiger partial charge in [-0.2, -0.15) is 13.2 Å². The average Bonchev–Trinajstić information content (AvgIpc) is 2.78.